The summed E-state index contributed by atoms with van der Waals surface area (Å²) in [5.74, 6) is 1.09. The molecule has 0 fully saturated rings. The summed E-state index contributed by atoms with van der Waals surface area (Å²) >= 11 is 5.19. The Hall–Kier alpha value is -3.12. The molecule has 2 aromatic carbocycles. The molecule has 27 heavy (non-hydrogen) atoms. The number of amides is 1. The van der Waals surface area contributed by atoms with Crippen molar-refractivity contribution in [3.8, 4) is 11.5 Å². The zero-order valence-electron chi connectivity index (χ0n) is 15.1. The van der Waals surface area contributed by atoms with Gasteiger partial charge in [-0.25, -0.2) is 0 Å². The Labute approximate surface area is 164 Å². The standard InChI is InChI=1S/C21H22N2O3S/c1-3-15-26-19-8-6-5-7-18(19)22-21(27)23-20(24)14-11-16-9-12-17(13-10-16)25-4-2/h3,5-14H,1,4,15H2,2H3,(H2,22,23,24,27)/b14-11+. The van der Waals surface area contributed by atoms with Crippen LogP contribution in [0, 0.1) is 0 Å². The summed E-state index contributed by atoms with van der Waals surface area (Å²) in [6.07, 6.45) is 4.78. The summed E-state index contributed by atoms with van der Waals surface area (Å²) < 4.78 is 10.9. The van der Waals surface area contributed by atoms with Gasteiger partial charge in [-0.3, -0.25) is 10.1 Å². The highest BCUT2D eigenvalue weighted by molar-refractivity contribution is 7.80. The van der Waals surface area contributed by atoms with E-state index in [9.17, 15) is 4.79 Å². The minimum absolute atomic E-state index is 0.186. The molecule has 0 spiro atoms. The smallest absolute Gasteiger partial charge is 0.250 e. The van der Waals surface area contributed by atoms with Crippen LogP contribution in [-0.2, 0) is 4.79 Å². The van der Waals surface area contributed by atoms with Gasteiger partial charge in [-0.05, 0) is 55.0 Å². The van der Waals surface area contributed by atoms with Crippen molar-refractivity contribution in [2.45, 2.75) is 6.92 Å². The van der Waals surface area contributed by atoms with Gasteiger partial charge in [0, 0.05) is 6.08 Å². The second kappa shape index (κ2) is 10.8. The van der Waals surface area contributed by atoms with Crippen molar-refractivity contribution in [3.63, 3.8) is 0 Å². The monoisotopic (exact) mass is 382 g/mol. The SMILES string of the molecule is C=CCOc1ccccc1NC(=S)NC(=O)/C=C/c1ccc(OCC)cc1. The van der Waals surface area contributed by atoms with Gasteiger partial charge in [0.1, 0.15) is 18.1 Å². The van der Waals surface area contributed by atoms with Crippen LogP contribution in [0.4, 0.5) is 5.69 Å². The Kier molecular flexibility index (Phi) is 8.06. The summed E-state index contributed by atoms with van der Waals surface area (Å²) in [7, 11) is 0. The molecule has 2 N–H and O–H groups in total. The molecule has 0 aliphatic rings. The van der Waals surface area contributed by atoms with Crippen LogP contribution < -0.4 is 20.1 Å². The van der Waals surface area contributed by atoms with Crippen molar-refractivity contribution in [1.82, 2.24) is 5.32 Å². The third-order valence-corrected chi connectivity index (χ3v) is 3.55. The Balaban J connectivity index is 1.90. The van der Waals surface area contributed by atoms with E-state index in [-0.39, 0.29) is 11.0 Å². The van der Waals surface area contributed by atoms with Crippen molar-refractivity contribution >= 4 is 35.0 Å². The number of carbonyl (C=O) groups excluding carboxylic acids is 1. The zero-order chi connectivity index (χ0) is 19.5. The molecule has 0 heterocycles. The topological polar surface area (TPSA) is 59.6 Å². The summed E-state index contributed by atoms with van der Waals surface area (Å²) in [6.45, 7) is 6.54. The lowest BCUT2D eigenvalue weighted by atomic mass is 10.2. The molecule has 0 saturated heterocycles. The Morgan fingerprint density at radius 3 is 2.59 bits per heavy atom. The van der Waals surface area contributed by atoms with Crippen molar-refractivity contribution in [1.29, 1.82) is 0 Å². The van der Waals surface area contributed by atoms with E-state index in [0.717, 1.165) is 11.3 Å². The van der Waals surface area contributed by atoms with Gasteiger partial charge < -0.3 is 14.8 Å². The first-order chi connectivity index (χ1) is 13.1. The molecule has 2 rings (SSSR count). The van der Waals surface area contributed by atoms with E-state index < -0.39 is 0 Å². The molecule has 140 valence electrons. The van der Waals surface area contributed by atoms with E-state index in [1.54, 1.807) is 12.2 Å². The van der Waals surface area contributed by atoms with E-state index in [1.165, 1.54) is 6.08 Å². The number of rotatable bonds is 8. The van der Waals surface area contributed by atoms with Crippen LogP contribution in [-0.4, -0.2) is 24.2 Å². The van der Waals surface area contributed by atoms with Gasteiger partial charge in [0.05, 0.1) is 12.3 Å². The van der Waals surface area contributed by atoms with Crippen LogP contribution in [0.3, 0.4) is 0 Å². The fourth-order valence-corrected chi connectivity index (χ4v) is 2.38. The Morgan fingerprint density at radius 2 is 1.89 bits per heavy atom. The molecule has 0 aromatic heterocycles. The molecule has 0 aliphatic heterocycles. The predicted octanol–water partition coefficient (Wildman–Crippen LogP) is 4.18. The maximum Gasteiger partial charge on any atom is 0.250 e. The Morgan fingerprint density at radius 1 is 1.15 bits per heavy atom. The number of carbonyl (C=O) groups is 1. The van der Waals surface area contributed by atoms with Gasteiger partial charge in [-0.15, -0.1) is 0 Å². The van der Waals surface area contributed by atoms with Crippen molar-refractivity contribution in [3.05, 3.63) is 72.8 Å². The molecule has 0 saturated carbocycles. The van der Waals surface area contributed by atoms with E-state index in [2.05, 4.69) is 17.2 Å². The molecule has 5 nitrogen and oxygen atoms in total. The summed E-state index contributed by atoms with van der Waals surface area (Å²) in [6, 6.07) is 14.8. The summed E-state index contributed by atoms with van der Waals surface area (Å²) in [4.78, 5) is 12.0. The third-order valence-electron chi connectivity index (χ3n) is 3.35. The van der Waals surface area contributed by atoms with E-state index in [0.29, 0.717) is 24.7 Å². The average Bonchev–Trinajstić information content (AvgIpc) is 2.67. The van der Waals surface area contributed by atoms with Crippen LogP contribution in [0.15, 0.2) is 67.3 Å². The van der Waals surface area contributed by atoms with E-state index >= 15 is 0 Å². The van der Waals surface area contributed by atoms with Crippen LogP contribution in [0.5, 0.6) is 11.5 Å². The van der Waals surface area contributed by atoms with Gasteiger partial charge in [0.25, 0.3) is 0 Å². The summed E-state index contributed by atoms with van der Waals surface area (Å²) in [5, 5.41) is 5.75. The maximum absolute atomic E-state index is 12.0. The first-order valence-electron chi connectivity index (χ1n) is 8.48. The molecule has 6 heteroatoms. The zero-order valence-corrected chi connectivity index (χ0v) is 15.9. The highest BCUT2D eigenvalue weighted by atomic mass is 32.1. The predicted molar refractivity (Wildman–Crippen MR) is 113 cm³/mol. The number of anilines is 1. The molecule has 0 aliphatic carbocycles. The highest BCUT2D eigenvalue weighted by Gasteiger charge is 2.06. The average molecular weight is 382 g/mol. The fourth-order valence-electron chi connectivity index (χ4n) is 2.17. The first-order valence-corrected chi connectivity index (χ1v) is 8.89. The van der Waals surface area contributed by atoms with Gasteiger partial charge >= 0.3 is 0 Å². The van der Waals surface area contributed by atoms with Gasteiger partial charge in [0.15, 0.2) is 5.11 Å². The highest BCUT2D eigenvalue weighted by Crippen LogP contribution is 2.23. The lowest BCUT2D eigenvalue weighted by Crippen LogP contribution is -2.32. The van der Waals surface area contributed by atoms with Crippen LogP contribution in [0.25, 0.3) is 6.08 Å². The second-order valence-corrected chi connectivity index (χ2v) is 5.78. The van der Waals surface area contributed by atoms with Gasteiger partial charge in [0.2, 0.25) is 5.91 Å². The molecular formula is C21H22N2O3S. The van der Waals surface area contributed by atoms with Gasteiger partial charge in [-0.1, -0.05) is 36.9 Å². The van der Waals surface area contributed by atoms with E-state index in [1.807, 2.05) is 55.5 Å². The third kappa shape index (κ3) is 6.95. The fraction of sp³-hybridized carbons (Fsp3) is 0.143. The lowest BCUT2D eigenvalue weighted by Gasteiger charge is -2.12. The van der Waals surface area contributed by atoms with E-state index in [4.69, 9.17) is 21.7 Å². The molecular weight excluding hydrogens is 360 g/mol. The number of benzene rings is 2. The van der Waals surface area contributed by atoms with Crippen LogP contribution in [0.1, 0.15) is 12.5 Å². The van der Waals surface area contributed by atoms with Crippen molar-refractivity contribution in [2.75, 3.05) is 18.5 Å². The number of hydrogen-bond acceptors (Lipinski definition) is 4. The first kappa shape index (κ1) is 20.2. The largest absolute Gasteiger partial charge is 0.494 e. The number of ether oxygens (including phenoxy) is 2. The number of nitrogens with one attached hydrogen (secondary N) is 2. The van der Waals surface area contributed by atoms with Crippen LogP contribution in [0.2, 0.25) is 0 Å². The second-order valence-electron chi connectivity index (χ2n) is 5.37. The van der Waals surface area contributed by atoms with Crippen molar-refractivity contribution < 1.29 is 14.3 Å². The van der Waals surface area contributed by atoms with Gasteiger partial charge in [-0.2, -0.15) is 0 Å². The molecule has 2 aromatic rings. The minimum atomic E-state index is -0.328. The summed E-state index contributed by atoms with van der Waals surface area (Å²) in [5.41, 5.74) is 1.55. The van der Waals surface area contributed by atoms with Crippen molar-refractivity contribution in [2.24, 2.45) is 0 Å². The Bertz CT molecular complexity index is 816. The maximum atomic E-state index is 12.0. The molecule has 0 radical (unpaired) electrons. The molecule has 0 atom stereocenters. The molecule has 0 bridgehead atoms. The number of thiocarbonyl (C=S) groups is 1. The quantitative estimate of drug-likeness (QED) is 0.408. The lowest BCUT2D eigenvalue weighted by molar-refractivity contribution is -0.115. The molecule has 0 unspecified atom stereocenters. The number of hydrogen-bond donors (Lipinski definition) is 2. The number of para-hydroxylation sites is 2. The van der Waals surface area contributed by atoms with Crippen LogP contribution >= 0.6 is 12.2 Å². The normalized spacial score (nSPS) is 10.3. The molecule has 1 amide bonds. The minimum Gasteiger partial charge on any atom is -0.494 e.